The minimum atomic E-state index is -0.681. The van der Waals surface area contributed by atoms with E-state index in [0.29, 0.717) is 0 Å². The van der Waals surface area contributed by atoms with Crippen molar-refractivity contribution in [3.05, 3.63) is 0 Å². The molecule has 1 aliphatic rings. The number of hydrogen-bond donors (Lipinski definition) is 1. The summed E-state index contributed by atoms with van der Waals surface area (Å²) in [5.41, 5.74) is 4.03. The van der Waals surface area contributed by atoms with Gasteiger partial charge in [-0.1, -0.05) is 5.82 Å². The Morgan fingerprint density at radius 3 is 2.00 bits per heavy atom. The fourth-order valence-electron chi connectivity index (χ4n) is 1.03. The van der Waals surface area contributed by atoms with Gasteiger partial charge >= 0.3 is 7.12 Å². The third-order valence-electron chi connectivity index (χ3n) is 2.57. The van der Waals surface area contributed by atoms with E-state index in [1.54, 1.807) is 0 Å². The lowest BCUT2D eigenvalue weighted by molar-refractivity contribution is -0.112. The Morgan fingerprint density at radius 2 is 1.64 bits per heavy atom. The van der Waals surface area contributed by atoms with Crippen LogP contribution < -0.4 is 5.73 Å². The van der Waals surface area contributed by atoms with Crippen molar-refractivity contribution in [3.8, 4) is 11.7 Å². The van der Waals surface area contributed by atoms with Crippen molar-refractivity contribution in [1.29, 1.82) is 0 Å². The van der Waals surface area contributed by atoms with Gasteiger partial charge in [0.2, 0.25) is 0 Å². The summed E-state index contributed by atoms with van der Waals surface area (Å²) in [6.07, 6.45) is 0. The molecule has 14 heavy (non-hydrogen) atoms. The van der Waals surface area contributed by atoms with Gasteiger partial charge in [0.1, 0.15) is 0 Å². The van der Waals surface area contributed by atoms with Crippen LogP contribution in [0.15, 0.2) is 0 Å². The number of nitrogens with two attached hydrogens (primary N) is 1. The van der Waals surface area contributed by atoms with E-state index in [1.165, 1.54) is 0 Å². The van der Waals surface area contributed by atoms with E-state index in [4.69, 9.17) is 15.0 Å². The van der Waals surface area contributed by atoms with Crippen LogP contribution >= 0.6 is 0 Å². The lowest BCUT2D eigenvalue weighted by atomic mass is 9.90. The van der Waals surface area contributed by atoms with Crippen molar-refractivity contribution < 1.29 is 14.1 Å². The first-order valence-electron chi connectivity index (χ1n) is 4.41. The highest BCUT2D eigenvalue weighted by Gasteiger charge is 2.50. The molecule has 0 aromatic heterocycles. The minimum Gasteiger partial charge on any atom is -0.392 e. The van der Waals surface area contributed by atoms with Crippen molar-refractivity contribution >= 4 is 13.0 Å². The van der Waals surface area contributed by atoms with Crippen molar-refractivity contribution in [2.45, 2.75) is 38.9 Å². The molecule has 0 aromatic carbocycles. The zero-order valence-corrected chi connectivity index (χ0v) is 8.88. The van der Waals surface area contributed by atoms with E-state index in [0.717, 1.165) is 0 Å². The van der Waals surface area contributed by atoms with Crippen LogP contribution in [-0.2, 0) is 14.1 Å². The standard InChI is InChI=1S/C9H14BNO3/c1-8(2)9(3,4)14-10(13-8)6-5-7(11)12/h1-4H3,(H2,11,12). The van der Waals surface area contributed by atoms with Crippen molar-refractivity contribution in [2.24, 2.45) is 5.73 Å². The lowest BCUT2D eigenvalue weighted by Crippen LogP contribution is -2.41. The second-order valence-electron chi connectivity index (χ2n) is 4.22. The van der Waals surface area contributed by atoms with Crippen LogP contribution in [0.4, 0.5) is 0 Å². The Labute approximate surface area is 84.3 Å². The van der Waals surface area contributed by atoms with Crippen molar-refractivity contribution in [3.63, 3.8) is 0 Å². The van der Waals surface area contributed by atoms with Gasteiger partial charge in [-0.2, -0.15) is 0 Å². The molecule has 0 aromatic rings. The maximum atomic E-state index is 10.4. The smallest absolute Gasteiger partial charge is 0.392 e. The van der Waals surface area contributed by atoms with E-state index in [9.17, 15) is 4.79 Å². The minimum absolute atomic E-state index is 0.427. The fourth-order valence-corrected chi connectivity index (χ4v) is 1.03. The van der Waals surface area contributed by atoms with Crippen LogP contribution in [0.25, 0.3) is 0 Å². The Morgan fingerprint density at radius 1 is 1.21 bits per heavy atom. The maximum absolute atomic E-state index is 10.4. The summed E-state index contributed by atoms with van der Waals surface area (Å²) in [6, 6.07) is 0. The van der Waals surface area contributed by atoms with Crippen LogP contribution in [0, 0.1) is 11.7 Å². The monoisotopic (exact) mass is 195 g/mol. The summed E-state index contributed by atoms with van der Waals surface area (Å²) >= 11 is 0. The number of carbonyl (C=O) groups excluding carboxylic acids is 1. The highest BCUT2D eigenvalue weighted by molar-refractivity contribution is 6.55. The summed E-state index contributed by atoms with van der Waals surface area (Å²) < 4.78 is 11.0. The van der Waals surface area contributed by atoms with Crippen LogP contribution in [0.3, 0.4) is 0 Å². The number of carbonyl (C=O) groups is 1. The van der Waals surface area contributed by atoms with Gasteiger partial charge in [-0.3, -0.25) is 4.79 Å². The second-order valence-corrected chi connectivity index (χ2v) is 4.22. The highest BCUT2D eigenvalue weighted by atomic mass is 16.7. The Hall–Kier alpha value is -0.985. The molecule has 1 heterocycles. The predicted octanol–water partition coefficient (Wildman–Crippen LogP) is 0.106. The zero-order chi connectivity index (χ0) is 11.0. The Balaban J connectivity index is 2.75. The Bertz CT molecular complexity index is 298. The second kappa shape index (κ2) is 3.30. The van der Waals surface area contributed by atoms with Crippen LogP contribution in [0.1, 0.15) is 27.7 Å². The molecule has 1 amide bonds. The number of primary amides is 1. The fraction of sp³-hybridized carbons (Fsp3) is 0.667. The van der Waals surface area contributed by atoms with Gasteiger partial charge < -0.3 is 15.0 Å². The molecule has 76 valence electrons. The molecule has 0 bridgehead atoms. The third kappa shape index (κ3) is 2.09. The van der Waals surface area contributed by atoms with Gasteiger partial charge in [-0.15, -0.1) is 0 Å². The lowest BCUT2D eigenvalue weighted by Gasteiger charge is -2.32. The van der Waals surface area contributed by atoms with Crippen LogP contribution in [-0.4, -0.2) is 24.2 Å². The maximum Gasteiger partial charge on any atom is 0.551 e. The SMILES string of the molecule is CC1(C)OB(C#CC(N)=O)OC1(C)C. The molecule has 0 radical (unpaired) electrons. The number of amides is 1. The summed E-state index contributed by atoms with van der Waals surface area (Å²) in [5, 5.41) is 0. The molecule has 0 spiro atoms. The summed E-state index contributed by atoms with van der Waals surface area (Å²) in [6.45, 7) is 7.66. The first kappa shape index (κ1) is 11.1. The zero-order valence-electron chi connectivity index (χ0n) is 8.88. The normalized spacial score (nSPS) is 22.7. The highest BCUT2D eigenvalue weighted by Crippen LogP contribution is 2.36. The number of hydrogen-bond acceptors (Lipinski definition) is 3. The molecule has 0 saturated carbocycles. The van der Waals surface area contributed by atoms with E-state index in [-0.39, 0.29) is 0 Å². The quantitative estimate of drug-likeness (QED) is 0.440. The van der Waals surface area contributed by atoms with Crippen molar-refractivity contribution in [2.75, 3.05) is 0 Å². The van der Waals surface area contributed by atoms with Gasteiger partial charge in [-0.05, 0) is 33.6 Å². The molecule has 1 aliphatic heterocycles. The third-order valence-corrected chi connectivity index (χ3v) is 2.57. The van der Waals surface area contributed by atoms with E-state index in [2.05, 4.69) is 11.7 Å². The summed E-state index contributed by atoms with van der Waals surface area (Å²) in [4.78, 5) is 10.4. The van der Waals surface area contributed by atoms with E-state index in [1.807, 2.05) is 27.7 Å². The van der Waals surface area contributed by atoms with E-state index < -0.39 is 24.2 Å². The van der Waals surface area contributed by atoms with E-state index >= 15 is 0 Å². The van der Waals surface area contributed by atoms with Gasteiger partial charge in [0.15, 0.2) is 0 Å². The molecule has 5 heteroatoms. The molecular weight excluding hydrogens is 181 g/mol. The molecule has 0 atom stereocenters. The van der Waals surface area contributed by atoms with Gasteiger partial charge in [-0.25, -0.2) is 0 Å². The van der Waals surface area contributed by atoms with Gasteiger partial charge in [0, 0.05) is 0 Å². The molecular formula is C9H14BNO3. The Kier molecular flexibility index (Phi) is 2.62. The number of rotatable bonds is 0. The molecule has 1 saturated heterocycles. The molecule has 1 fully saturated rings. The first-order valence-corrected chi connectivity index (χ1v) is 4.41. The summed E-state index contributed by atoms with van der Waals surface area (Å²) in [7, 11) is -0.674. The molecule has 4 nitrogen and oxygen atoms in total. The first-order chi connectivity index (χ1) is 6.24. The molecule has 1 rings (SSSR count). The molecule has 0 aliphatic carbocycles. The summed E-state index contributed by atoms with van der Waals surface area (Å²) in [5.74, 6) is 4.04. The molecule has 2 N–H and O–H groups in total. The van der Waals surface area contributed by atoms with Crippen LogP contribution in [0.5, 0.6) is 0 Å². The largest absolute Gasteiger partial charge is 0.551 e. The van der Waals surface area contributed by atoms with Gasteiger partial charge in [0.05, 0.1) is 11.2 Å². The van der Waals surface area contributed by atoms with Gasteiger partial charge in [0.25, 0.3) is 5.91 Å². The molecule has 0 unspecified atom stereocenters. The topological polar surface area (TPSA) is 61.5 Å². The van der Waals surface area contributed by atoms with Crippen LogP contribution in [0.2, 0.25) is 0 Å². The average Bonchev–Trinajstić information content (AvgIpc) is 2.17. The predicted molar refractivity (Wildman–Crippen MR) is 53.1 cm³/mol. The average molecular weight is 195 g/mol. The van der Waals surface area contributed by atoms with Crippen molar-refractivity contribution in [1.82, 2.24) is 0 Å².